The second-order valence-corrected chi connectivity index (χ2v) is 5.74. The van der Waals surface area contributed by atoms with Crippen molar-refractivity contribution in [3.8, 4) is 0 Å². The summed E-state index contributed by atoms with van der Waals surface area (Å²) in [6, 6.07) is 17.4. The minimum Gasteiger partial charge on any atom is -0.380 e. The van der Waals surface area contributed by atoms with Crippen LogP contribution in [-0.4, -0.2) is 10.9 Å². The molecular formula is C20H18FN3O. The molecule has 1 heterocycles. The van der Waals surface area contributed by atoms with Crippen molar-refractivity contribution in [3.63, 3.8) is 0 Å². The van der Waals surface area contributed by atoms with Gasteiger partial charge in [0.2, 0.25) is 0 Å². The van der Waals surface area contributed by atoms with E-state index in [0.717, 1.165) is 5.69 Å². The summed E-state index contributed by atoms with van der Waals surface area (Å²) < 4.78 is 13.1. The molecule has 0 saturated heterocycles. The summed E-state index contributed by atoms with van der Waals surface area (Å²) in [4.78, 5) is 16.3. The van der Waals surface area contributed by atoms with Crippen molar-refractivity contribution in [1.82, 2.24) is 4.98 Å². The summed E-state index contributed by atoms with van der Waals surface area (Å²) in [5, 5.41) is 5.88. The summed E-state index contributed by atoms with van der Waals surface area (Å²) in [5.41, 5.74) is 3.87. The van der Waals surface area contributed by atoms with Crippen molar-refractivity contribution in [2.45, 2.75) is 13.5 Å². The van der Waals surface area contributed by atoms with Crippen LogP contribution in [0.2, 0.25) is 0 Å². The second kappa shape index (κ2) is 7.57. The molecule has 0 aliphatic heterocycles. The van der Waals surface area contributed by atoms with Crippen LogP contribution in [-0.2, 0) is 6.54 Å². The molecular weight excluding hydrogens is 317 g/mol. The first-order valence-corrected chi connectivity index (χ1v) is 7.92. The number of halogens is 1. The lowest BCUT2D eigenvalue weighted by molar-refractivity contribution is 0.102. The summed E-state index contributed by atoms with van der Waals surface area (Å²) in [5.74, 6) is -0.780. The average Bonchev–Trinajstić information content (AvgIpc) is 2.62. The average molecular weight is 335 g/mol. The van der Waals surface area contributed by atoms with E-state index >= 15 is 0 Å². The Morgan fingerprint density at radius 3 is 2.52 bits per heavy atom. The Hall–Kier alpha value is -3.21. The molecule has 1 aromatic heterocycles. The van der Waals surface area contributed by atoms with Crippen LogP contribution >= 0.6 is 0 Å². The van der Waals surface area contributed by atoms with Gasteiger partial charge in [-0.25, -0.2) is 9.37 Å². The van der Waals surface area contributed by atoms with Crippen LogP contribution in [0.3, 0.4) is 0 Å². The number of carbonyl (C=O) groups is 1. The quantitative estimate of drug-likeness (QED) is 0.727. The molecule has 0 saturated carbocycles. The van der Waals surface area contributed by atoms with Gasteiger partial charge in [-0.2, -0.15) is 0 Å². The third-order valence-electron chi connectivity index (χ3n) is 3.70. The molecule has 4 nitrogen and oxygen atoms in total. The van der Waals surface area contributed by atoms with E-state index in [1.807, 2.05) is 0 Å². The molecule has 0 spiro atoms. The first-order valence-electron chi connectivity index (χ1n) is 7.92. The molecule has 0 atom stereocenters. The first kappa shape index (κ1) is 16.6. The molecule has 3 aromatic rings. The molecule has 2 N–H and O–H groups in total. The maximum Gasteiger partial charge on any atom is 0.274 e. The van der Waals surface area contributed by atoms with Gasteiger partial charge in [-0.05, 0) is 42.8 Å². The van der Waals surface area contributed by atoms with E-state index in [9.17, 15) is 9.18 Å². The van der Waals surface area contributed by atoms with E-state index in [-0.39, 0.29) is 11.6 Å². The molecule has 1 amide bonds. The van der Waals surface area contributed by atoms with Crippen LogP contribution in [0.5, 0.6) is 0 Å². The van der Waals surface area contributed by atoms with Crippen LogP contribution in [0.4, 0.5) is 15.8 Å². The number of nitrogens with zero attached hydrogens (tertiary/aromatic N) is 1. The van der Waals surface area contributed by atoms with Crippen LogP contribution < -0.4 is 10.6 Å². The normalized spacial score (nSPS) is 10.3. The number of anilines is 2. The molecule has 25 heavy (non-hydrogen) atoms. The maximum atomic E-state index is 13.1. The van der Waals surface area contributed by atoms with Gasteiger partial charge < -0.3 is 10.6 Å². The number of aryl methyl sites for hydroxylation is 1. The highest BCUT2D eigenvalue weighted by molar-refractivity contribution is 6.02. The molecule has 0 aliphatic carbocycles. The molecule has 0 aliphatic rings. The number of rotatable bonds is 5. The van der Waals surface area contributed by atoms with Crippen molar-refractivity contribution < 1.29 is 9.18 Å². The van der Waals surface area contributed by atoms with Crippen molar-refractivity contribution in [3.05, 3.63) is 89.5 Å². The van der Waals surface area contributed by atoms with Gasteiger partial charge in [0.1, 0.15) is 11.5 Å². The minimum atomic E-state index is -0.401. The lowest BCUT2D eigenvalue weighted by atomic mass is 10.1. The number of hydrogen-bond acceptors (Lipinski definition) is 3. The van der Waals surface area contributed by atoms with Crippen molar-refractivity contribution in [2.24, 2.45) is 0 Å². The topological polar surface area (TPSA) is 54.0 Å². The monoisotopic (exact) mass is 335 g/mol. The largest absolute Gasteiger partial charge is 0.380 e. The molecule has 126 valence electrons. The van der Waals surface area contributed by atoms with Crippen molar-refractivity contribution in [2.75, 3.05) is 10.6 Å². The third-order valence-corrected chi connectivity index (χ3v) is 3.70. The zero-order chi connectivity index (χ0) is 17.6. The van der Waals surface area contributed by atoms with E-state index in [1.54, 1.807) is 24.4 Å². The summed E-state index contributed by atoms with van der Waals surface area (Å²) >= 11 is 0. The Bertz CT molecular complexity index is 861. The van der Waals surface area contributed by atoms with Crippen LogP contribution in [0.15, 0.2) is 66.9 Å². The number of pyridine rings is 1. The third kappa shape index (κ3) is 4.64. The zero-order valence-corrected chi connectivity index (χ0v) is 13.8. The Kier molecular flexibility index (Phi) is 5.04. The molecule has 3 rings (SSSR count). The maximum absolute atomic E-state index is 13.1. The van der Waals surface area contributed by atoms with Gasteiger partial charge in [-0.1, -0.05) is 35.9 Å². The molecule has 2 aromatic carbocycles. The lowest BCUT2D eigenvalue weighted by Crippen LogP contribution is -2.13. The van der Waals surface area contributed by atoms with Gasteiger partial charge in [0, 0.05) is 12.2 Å². The SMILES string of the molecule is Cc1ccc(CNc2ccc(C(=O)Nc3cccc(F)c3)nc2)cc1. The highest BCUT2D eigenvalue weighted by Crippen LogP contribution is 2.13. The van der Waals surface area contributed by atoms with Crippen molar-refractivity contribution >= 4 is 17.3 Å². The van der Waals surface area contributed by atoms with Gasteiger partial charge in [0.25, 0.3) is 5.91 Å². The van der Waals surface area contributed by atoms with Gasteiger partial charge in [0.05, 0.1) is 11.9 Å². The van der Waals surface area contributed by atoms with Crippen LogP contribution in [0.25, 0.3) is 0 Å². The molecule has 0 radical (unpaired) electrons. The highest BCUT2D eigenvalue weighted by atomic mass is 19.1. The highest BCUT2D eigenvalue weighted by Gasteiger charge is 2.08. The number of carbonyl (C=O) groups excluding carboxylic acids is 1. The number of benzene rings is 2. The Balaban J connectivity index is 1.59. The molecule has 0 bridgehead atoms. The van der Waals surface area contributed by atoms with E-state index < -0.39 is 5.82 Å². The van der Waals surface area contributed by atoms with E-state index in [2.05, 4.69) is 46.8 Å². The van der Waals surface area contributed by atoms with E-state index in [0.29, 0.717) is 12.2 Å². The fourth-order valence-corrected chi connectivity index (χ4v) is 2.30. The Morgan fingerprint density at radius 2 is 1.84 bits per heavy atom. The van der Waals surface area contributed by atoms with Crippen LogP contribution in [0, 0.1) is 12.7 Å². The predicted molar refractivity (Wildman–Crippen MR) is 97.1 cm³/mol. The Morgan fingerprint density at radius 1 is 1.04 bits per heavy atom. The van der Waals surface area contributed by atoms with Gasteiger partial charge in [-0.15, -0.1) is 0 Å². The number of aromatic nitrogens is 1. The van der Waals surface area contributed by atoms with Gasteiger partial charge in [-0.3, -0.25) is 4.79 Å². The Labute approximate surface area is 145 Å². The van der Waals surface area contributed by atoms with E-state index in [1.165, 1.54) is 29.3 Å². The van der Waals surface area contributed by atoms with Gasteiger partial charge in [0.15, 0.2) is 0 Å². The lowest BCUT2D eigenvalue weighted by Gasteiger charge is -2.08. The predicted octanol–water partition coefficient (Wildman–Crippen LogP) is 4.39. The number of amides is 1. The second-order valence-electron chi connectivity index (χ2n) is 5.74. The molecule has 0 unspecified atom stereocenters. The standard InChI is InChI=1S/C20H18FN3O/c1-14-5-7-15(8-6-14)12-22-18-9-10-19(23-13-18)20(25)24-17-4-2-3-16(21)11-17/h2-11,13,22H,12H2,1H3,(H,24,25). The fourth-order valence-electron chi connectivity index (χ4n) is 2.30. The number of hydrogen-bond donors (Lipinski definition) is 2. The molecule has 5 heteroatoms. The number of nitrogens with one attached hydrogen (secondary N) is 2. The summed E-state index contributed by atoms with van der Waals surface area (Å²) in [7, 11) is 0. The smallest absolute Gasteiger partial charge is 0.274 e. The fraction of sp³-hybridized carbons (Fsp3) is 0.100. The minimum absolute atomic E-state index is 0.269. The molecule has 0 fully saturated rings. The van der Waals surface area contributed by atoms with E-state index in [4.69, 9.17) is 0 Å². The summed E-state index contributed by atoms with van der Waals surface area (Å²) in [6.45, 7) is 2.73. The first-order chi connectivity index (χ1) is 12.1. The van der Waals surface area contributed by atoms with Crippen molar-refractivity contribution in [1.29, 1.82) is 0 Å². The van der Waals surface area contributed by atoms with Crippen LogP contribution in [0.1, 0.15) is 21.6 Å². The van der Waals surface area contributed by atoms with Gasteiger partial charge >= 0.3 is 0 Å². The summed E-state index contributed by atoms with van der Waals surface area (Å²) in [6.07, 6.45) is 1.61. The zero-order valence-electron chi connectivity index (χ0n) is 13.8.